The molecule has 0 saturated carbocycles. The van der Waals surface area contributed by atoms with Crippen molar-refractivity contribution in [3.05, 3.63) is 35.4 Å². The van der Waals surface area contributed by atoms with Crippen molar-refractivity contribution in [2.75, 3.05) is 19.8 Å². The molecule has 0 amide bonds. The Hall–Kier alpha value is -1.44. The highest BCUT2D eigenvalue weighted by Gasteiger charge is 2.30. The van der Waals surface area contributed by atoms with E-state index < -0.39 is 16.0 Å². The first-order valence-corrected chi connectivity index (χ1v) is 7.90. The van der Waals surface area contributed by atoms with Crippen molar-refractivity contribution in [2.45, 2.75) is 18.7 Å². The number of rotatable bonds is 4. The van der Waals surface area contributed by atoms with E-state index in [1.165, 1.54) is 28.6 Å². The second kappa shape index (κ2) is 5.90. The van der Waals surface area contributed by atoms with Gasteiger partial charge in [-0.05, 0) is 24.6 Å². The van der Waals surface area contributed by atoms with E-state index in [0.29, 0.717) is 25.3 Å². The van der Waals surface area contributed by atoms with Gasteiger partial charge in [-0.1, -0.05) is 12.1 Å². The molecule has 0 radical (unpaired) electrons. The number of morpholine rings is 1. The second-order valence-corrected chi connectivity index (χ2v) is 6.71. The van der Waals surface area contributed by atoms with Gasteiger partial charge in [0.15, 0.2) is 0 Å². The number of carboxylic acids is 1. The van der Waals surface area contributed by atoms with Gasteiger partial charge in [-0.15, -0.1) is 0 Å². The molecular weight excluding hydrogens is 282 g/mol. The average molecular weight is 299 g/mol. The molecule has 20 heavy (non-hydrogen) atoms. The molecule has 6 nitrogen and oxygen atoms in total. The fourth-order valence-electron chi connectivity index (χ4n) is 2.16. The monoisotopic (exact) mass is 299 g/mol. The van der Waals surface area contributed by atoms with Crippen LogP contribution < -0.4 is 0 Å². The molecule has 1 aliphatic heterocycles. The first kappa shape index (κ1) is 15.0. The summed E-state index contributed by atoms with van der Waals surface area (Å²) in [6.07, 6.45) is 0. The first-order valence-electron chi connectivity index (χ1n) is 6.29. The predicted molar refractivity (Wildman–Crippen MR) is 73.0 cm³/mol. The standard InChI is InChI=1S/C13H17NO5S/c1-10-8-19-7-6-14(10)20(17,18)9-11-2-4-12(5-3-11)13(15)16/h2-5,10H,6-9H2,1H3,(H,15,16). The van der Waals surface area contributed by atoms with E-state index in [1.807, 2.05) is 6.92 Å². The lowest BCUT2D eigenvalue weighted by molar-refractivity contribution is 0.0392. The lowest BCUT2D eigenvalue weighted by Gasteiger charge is -2.32. The Kier molecular flexibility index (Phi) is 4.42. The van der Waals surface area contributed by atoms with Crippen LogP contribution in [0.5, 0.6) is 0 Å². The summed E-state index contributed by atoms with van der Waals surface area (Å²) in [7, 11) is -3.41. The quantitative estimate of drug-likeness (QED) is 0.894. The number of nitrogens with zero attached hydrogens (tertiary/aromatic N) is 1. The number of hydrogen-bond acceptors (Lipinski definition) is 4. The van der Waals surface area contributed by atoms with E-state index in [2.05, 4.69) is 0 Å². The van der Waals surface area contributed by atoms with Gasteiger partial charge in [-0.3, -0.25) is 0 Å². The Bertz CT molecular complexity index is 581. The second-order valence-electron chi connectivity index (χ2n) is 4.79. The predicted octanol–water partition coefficient (Wildman–Crippen LogP) is 0.935. The molecule has 2 rings (SSSR count). The highest BCUT2D eigenvalue weighted by molar-refractivity contribution is 7.88. The Labute approximate surface area is 118 Å². The molecule has 110 valence electrons. The summed E-state index contributed by atoms with van der Waals surface area (Å²) in [5, 5.41) is 8.81. The van der Waals surface area contributed by atoms with Gasteiger partial charge in [-0.2, -0.15) is 4.31 Å². The van der Waals surface area contributed by atoms with Crippen LogP contribution >= 0.6 is 0 Å². The zero-order valence-corrected chi connectivity index (χ0v) is 12.0. The normalized spacial score (nSPS) is 20.8. The SMILES string of the molecule is CC1COCCN1S(=O)(=O)Cc1ccc(C(=O)O)cc1. The van der Waals surface area contributed by atoms with Crippen LogP contribution in [0.1, 0.15) is 22.8 Å². The minimum atomic E-state index is -3.41. The van der Waals surface area contributed by atoms with Crippen LogP contribution in [0, 0.1) is 0 Å². The topological polar surface area (TPSA) is 83.9 Å². The van der Waals surface area contributed by atoms with Crippen LogP contribution in [0.15, 0.2) is 24.3 Å². The molecule has 1 heterocycles. The molecule has 0 aliphatic carbocycles. The van der Waals surface area contributed by atoms with Gasteiger partial charge in [-0.25, -0.2) is 13.2 Å². The van der Waals surface area contributed by atoms with Gasteiger partial charge < -0.3 is 9.84 Å². The molecule has 1 aliphatic rings. The van der Waals surface area contributed by atoms with Crippen molar-refractivity contribution in [1.82, 2.24) is 4.31 Å². The smallest absolute Gasteiger partial charge is 0.335 e. The molecule has 1 aromatic rings. The summed E-state index contributed by atoms with van der Waals surface area (Å²) in [5.74, 6) is -1.15. The van der Waals surface area contributed by atoms with Gasteiger partial charge in [0.1, 0.15) is 0 Å². The maximum atomic E-state index is 12.3. The van der Waals surface area contributed by atoms with Crippen LogP contribution in [-0.2, 0) is 20.5 Å². The zero-order chi connectivity index (χ0) is 14.8. The molecule has 1 atom stereocenters. The summed E-state index contributed by atoms with van der Waals surface area (Å²) in [6.45, 7) is 2.97. The third-order valence-corrected chi connectivity index (χ3v) is 5.17. The van der Waals surface area contributed by atoms with E-state index >= 15 is 0 Å². The van der Waals surface area contributed by atoms with Gasteiger partial charge in [0.25, 0.3) is 0 Å². The van der Waals surface area contributed by atoms with Crippen molar-refractivity contribution in [3.8, 4) is 0 Å². The van der Waals surface area contributed by atoms with Gasteiger partial charge in [0, 0.05) is 12.6 Å². The summed E-state index contributed by atoms with van der Waals surface area (Å²) in [6, 6.07) is 5.72. The van der Waals surface area contributed by atoms with Gasteiger partial charge in [0.05, 0.1) is 24.5 Å². The lowest BCUT2D eigenvalue weighted by atomic mass is 10.1. The Morgan fingerprint density at radius 2 is 2.05 bits per heavy atom. The summed E-state index contributed by atoms with van der Waals surface area (Å²) < 4.78 is 31.4. The maximum absolute atomic E-state index is 12.3. The molecule has 7 heteroatoms. The minimum absolute atomic E-state index is 0.128. The fraction of sp³-hybridized carbons (Fsp3) is 0.462. The Morgan fingerprint density at radius 1 is 1.40 bits per heavy atom. The first-order chi connectivity index (χ1) is 9.40. The van der Waals surface area contributed by atoms with E-state index in [0.717, 1.165) is 0 Å². The number of carboxylic acid groups (broad SMARTS) is 1. The molecule has 1 fully saturated rings. The lowest BCUT2D eigenvalue weighted by Crippen LogP contribution is -2.47. The summed E-state index contributed by atoms with van der Waals surface area (Å²) in [5.41, 5.74) is 0.722. The van der Waals surface area contributed by atoms with Crippen LogP contribution in [-0.4, -0.2) is 49.6 Å². The van der Waals surface area contributed by atoms with Crippen molar-refractivity contribution < 1.29 is 23.1 Å². The molecule has 1 aromatic carbocycles. The number of sulfonamides is 1. The van der Waals surface area contributed by atoms with Crippen LogP contribution in [0.4, 0.5) is 0 Å². The van der Waals surface area contributed by atoms with E-state index in [4.69, 9.17) is 9.84 Å². The largest absolute Gasteiger partial charge is 0.478 e. The van der Waals surface area contributed by atoms with E-state index in [1.54, 1.807) is 0 Å². The zero-order valence-electron chi connectivity index (χ0n) is 11.2. The minimum Gasteiger partial charge on any atom is -0.478 e. The number of carbonyl (C=O) groups is 1. The average Bonchev–Trinajstić information content (AvgIpc) is 2.39. The van der Waals surface area contributed by atoms with Crippen LogP contribution in [0.25, 0.3) is 0 Å². The molecule has 1 unspecified atom stereocenters. The molecule has 0 bridgehead atoms. The maximum Gasteiger partial charge on any atom is 0.335 e. The van der Waals surface area contributed by atoms with Gasteiger partial charge in [0.2, 0.25) is 10.0 Å². The molecule has 1 N–H and O–H groups in total. The number of benzene rings is 1. The number of aromatic carboxylic acids is 1. The highest BCUT2D eigenvalue weighted by Crippen LogP contribution is 2.17. The van der Waals surface area contributed by atoms with Crippen molar-refractivity contribution >= 4 is 16.0 Å². The molecular formula is C13H17NO5S. The Morgan fingerprint density at radius 3 is 2.60 bits per heavy atom. The van der Waals surface area contributed by atoms with Crippen molar-refractivity contribution in [3.63, 3.8) is 0 Å². The van der Waals surface area contributed by atoms with Crippen LogP contribution in [0.3, 0.4) is 0 Å². The van der Waals surface area contributed by atoms with Crippen LogP contribution in [0.2, 0.25) is 0 Å². The number of hydrogen-bond donors (Lipinski definition) is 1. The molecule has 0 spiro atoms. The third-order valence-electron chi connectivity index (χ3n) is 3.21. The van der Waals surface area contributed by atoms with Crippen molar-refractivity contribution in [1.29, 1.82) is 0 Å². The van der Waals surface area contributed by atoms with Gasteiger partial charge >= 0.3 is 5.97 Å². The van der Waals surface area contributed by atoms with Crippen molar-refractivity contribution in [2.24, 2.45) is 0 Å². The third kappa shape index (κ3) is 3.36. The molecule has 1 saturated heterocycles. The summed E-state index contributed by atoms with van der Waals surface area (Å²) in [4.78, 5) is 10.7. The highest BCUT2D eigenvalue weighted by atomic mass is 32.2. The molecule has 0 aromatic heterocycles. The number of ether oxygens (including phenoxy) is 1. The fourth-order valence-corrected chi connectivity index (χ4v) is 3.90. The Balaban J connectivity index is 2.13. The van der Waals surface area contributed by atoms with E-state index in [9.17, 15) is 13.2 Å². The summed E-state index contributed by atoms with van der Waals surface area (Å²) >= 11 is 0. The van der Waals surface area contributed by atoms with E-state index in [-0.39, 0.29) is 17.4 Å².